The van der Waals surface area contributed by atoms with Crippen LogP contribution >= 0.6 is 0 Å². The molecule has 0 atom stereocenters. The van der Waals surface area contributed by atoms with E-state index in [2.05, 4.69) is 32.2 Å². The number of amides is 1. The molecule has 1 N–H and O–H groups in total. The monoisotopic (exact) mass is 189 g/mol. The highest BCUT2D eigenvalue weighted by Gasteiger charge is 2.25. The maximum absolute atomic E-state index is 11.3. The number of anilines is 1. The molecule has 0 aromatic heterocycles. The number of nitrogens with one attached hydrogen (secondary N) is 1. The standard InChI is InChI=1S/C12H15NO/c1-12(2,3)9-6-4-5-8-7-10(14)13-11(8)9/h4-6H,7H2,1-3H3,(H,13,14). The third kappa shape index (κ3) is 1.41. The molecule has 74 valence electrons. The van der Waals surface area contributed by atoms with Gasteiger partial charge in [0.2, 0.25) is 5.91 Å². The van der Waals surface area contributed by atoms with E-state index >= 15 is 0 Å². The zero-order valence-corrected chi connectivity index (χ0v) is 8.85. The lowest BCUT2D eigenvalue weighted by atomic mass is 9.85. The van der Waals surface area contributed by atoms with Crippen LogP contribution in [-0.2, 0) is 16.6 Å². The maximum atomic E-state index is 11.3. The molecule has 0 aliphatic carbocycles. The molecule has 1 aromatic rings. The molecule has 0 saturated carbocycles. The van der Waals surface area contributed by atoms with Crippen LogP contribution in [0.4, 0.5) is 5.69 Å². The quantitative estimate of drug-likeness (QED) is 0.667. The SMILES string of the molecule is CC(C)(C)c1cccc2c1NC(=O)C2. The van der Waals surface area contributed by atoms with Gasteiger partial charge in [-0.05, 0) is 16.5 Å². The summed E-state index contributed by atoms with van der Waals surface area (Å²) in [5, 5.41) is 2.93. The summed E-state index contributed by atoms with van der Waals surface area (Å²) in [6.07, 6.45) is 0.527. The number of fused-ring (bicyclic) bond motifs is 1. The van der Waals surface area contributed by atoms with Crippen LogP contribution in [0.3, 0.4) is 0 Å². The molecule has 1 aromatic carbocycles. The molecular weight excluding hydrogens is 174 g/mol. The van der Waals surface area contributed by atoms with Gasteiger partial charge in [0.25, 0.3) is 0 Å². The van der Waals surface area contributed by atoms with Crippen LogP contribution in [0.1, 0.15) is 31.9 Å². The van der Waals surface area contributed by atoms with Crippen LogP contribution in [0.15, 0.2) is 18.2 Å². The van der Waals surface area contributed by atoms with Crippen LogP contribution in [0.5, 0.6) is 0 Å². The van der Waals surface area contributed by atoms with Gasteiger partial charge in [-0.2, -0.15) is 0 Å². The lowest BCUT2D eigenvalue weighted by molar-refractivity contribution is -0.115. The second-order valence-electron chi connectivity index (χ2n) is 4.81. The highest BCUT2D eigenvalue weighted by molar-refractivity contribution is 6.00. The Bertz CT molecular complexity index is 388. The lowest BCUT2D eigenvalue weighted by Crippen LogP contribution is -2.14. The van der Waals surface area contributed by atoms with Crippen LogP contribution in [0.2, 0.25) is 0 Å². The molecule has 2 nitrogen and oxygen atoms in total. The van der Waals surface area contributed by atoms with E-state index in [4.69, 9.17) is 0 Å². The minimum absolute atomic E-state index is 0.0863. The predicted octanol–water partition coefficient (Wildman–Crippen LogP) is 2.48. The van der Waals surface area contributed by atoms with E-state index in [0.717, 1.165) is 11.3 Å². The van der Waals surface area contributed by atoms with Gasteiger partial charge in [0.15, 0.2) is 0 Å². The van der Waals surface area contributed by atoms with Crippen LogP contribution in [0, 0.1) is 0 Å². The van der Waals surface area contributed by atoms with Crippen molar-refractivity contribution in [1.82, 2.24) is 0 Å². The van der Waals surface area contributed by atoms with Crippen LogP contribution in [-0.4, -0.2) is 5.91 Å². The predicted molar refractivity (Wildman–Crippen MR) is 57.5 cm³/mol. The van der Waals surface area contributed by atoms with Crippen LogP contribution in [0.25, 0.3) is 0 Å². The molecule has 1 heterocycles. The van der Waals surface area contributed by atoms with Gasteiger partial charge in [0.1, 0.15) is 0 Å². The van der Waals surface area contributed by atoms with Gasteiger partial charge in [0.05, 0.1) is 6.42 Å². The van der Waals surface area contributed by atoms with Crippen molar-refractivity contribution >= 4 is 11.6 Å². The Kier molecular flexibility index (Phi) is 1.88. The Morgan fingerprint density at radius 3 is 2.64 bits per heavy atom. The Hall–Kier alpha value is -1.31. The summed E-state index contributed by atoms with van der Waals surface area (Å²) in [4.78, 5) is 11.3. The number of benzene rings is 1. The summed E-state index contributed by atoms with van der Waals surface area (Å²) in [6, 6.07) is 6.13. The largest absolute Gasteiger partial charge is 0.325 e. The molecule has 2 rings (SSSR count). The normalized spacial score (nSPS) is 15.2. The number of hydrogen-bond donors (Lipinski definition) is 1. The second kappa shape index (κ2) is 2.84. The van der Waals surface area contributed by atoms with Crippen molar-refractivity contribution in [1.29, 1.82) is 0 Å². The summed E-state index contributed by atoms with van der Waals surface area (Å²) in [6.45, 7) is 6.48. The fourth-order valence-corrected chi connectivity index (χ4v) is 1.88. The summed E-state index contributed by atoms with van der Waals surface area (Å²) in [5.74, 6) is 0.108. The molecule has 0 saturated heterocycles. The van der Waals surface area contributed by atoms with E-state index in [9.17, 15) is 4.79 Å². The lowest BCUT2D eigenvalue weighted by Gasteiger charge is -2.22. The van der Waals surface area contributed by atoms with Gasteiger partial charge in [-0.3, -0.25) is 4.79 Å². The van der Waals surface area contributed by atoms with E-state index in [-0.39, 0.29) is 11.3 Å². The molecule has 1 aliphatic rings. The molecule has 0 unspecified atom stereocenters. The van der Waals surface area contributed by atoms with Gasteiger partial charge in [-0.1, -0.05) is 39.0 Å². The maximum Gasteiger partial charge on any atom is 0.228 e. The third-order valence-corrected chi connectivity index (χ3v) is 2.57. The van der Waals surface area contributed by atoms with E-state index in [1.807, 2.05) is 12.1 Å². The molecule has 0 spiro atoms. The first-order chi connectivity index (χ1) is 6.48. The minimum atomic E-state index is 0.0863. The Balaban J connectivity index is 2.55. The van der Waals surface area contributed by atoms with Crippen molar-refractivity contribution in [2.45, 2.75) is 32.6 Å². The molecular formula is C12H15NO. The van der Waals surface area contributed by atoms with Crippen molar-refractivity contribution in [3.8, 4) is 0 Å². The van der Waals surface area contributed by atoms with Crippen molar-refractivity contribution in [2.75, 3.05) is 5.32 Å². The number of carbonyl (C=O) groups excluding carboxylic acids is 1. The zero-order valence-electron chi connectivity index (χ0n) is 8.85. The van der Waals surface area contributed by atoms with Gasteiger partial charge >= 0.3 is 0 Å². The highest BCUT2D eigenvalue weighted by Crippen LogP contribution is 2.34. The first-order valence-electron chi connectivity index (χ1n) is 4.91. The average molecular weight is 189 g/mol. The average Bonchev–Trinajstić information content (AvgIpc) is 2.41. The number of hydrogen-bond acceptors (Lipinski definition) is 1. The van der Waals surface area contributed by atoms with E-state index < -0.39 is 0 Å². The Morgan fingerprint density at radius 2 is 2.00 bits per heavy atom. The second-order valence-corrected chi connectivity index (χ2v) is 4.81. The van der Waals surface area contributed by atoms with Crippen molar-refractivity contribution in [3.05, 3.63) is 29.3 Å². The number of rotatable bonds is 0. The zero-order chi connectivity index (χ0) is 10.3. The van der Waals surface area contributed by atoms with Crippen molar-refractivity contribution in [2.24, 2.45) is 0 Å². The molecule has 2 heteroatoms. The third-order valence-electron chi connectivity index (χ3n) is 2.57. The number of para-hydroxylation sites is 1. The first-order valence-corrected chi connectivity index (χ1v) is 4.91. The summed E-state index contributed by atoms with van der Waals surface area (Å²) in [7, 11) is 0. The van der Waals surface area contributed by atoms with Gasteiger partial charge in [-0.15, -0.1) is 0 Å². The summed E-state index contributed by atoms with van der Waals surface area (Å²) >= 11 is 0. The fraction of sp³-hybridized carbons (Fsp3) is 0.417. The van der Waals surface area contributed by atoms with Gasteiger partial charge < -0.3 is 5.32 Å². The molecule has 1 amide bonds. The van der Waals surface area contributed by atoms with E-state index in [0.29, 0.717) is 6.42 Å². The summed E-state index contributed by atoms with van der Waals surface area (Å²) in [5.41, 5.74) is 3.47. The van der Waals surface area contributed by atoms with Crippen molar-refractivity contribution in [3.63, 3.8) is 0 Å². The Morgan fingerprint density at radius 1 is 1.29 bits per heavy atom. The van der Waals surface area contributed by atoms with Crippen molar-refractivity contribution < 1.29 is 4.79 Å². The van der Waals surface area contributed by atoms with E-state index in [1.165, 1.54) is 5.56 Å². The molecule has 0 fully saturated rings. The fourth-order valence-electron chi connectivity index (χ4n) is 1.88. The topological polar surface area (TPSA) is 29.1 Å². The Labute approximate surface area is 84.3 Å². The van der Waals surface area contributed by atoms with E-state index in [1.54, 1.807) is 0 Å². The molecule has 14 heavy (non-hydrogen) atoms. The molecule has 0 radical (unpaired) electrons. The molecule has 1 aliphatic heterocycles. The number of carbonyl (C=O) groups is 1. The first kappa shape index (κ1) is 9.25. The van der Waals surface area contributed by atoms with Crippen LogP contribution < -0.4 is 5.32 Å². The smallest absolute Gasteiger partial charge is 0.228 e. The summed E-state index contributed by atoms with van der Waals surface area (Å²) < 4.78 is 0. The van der Waals surface area contributed by atoms with Gasteiger partial charge in [0, 0.05) is 5.69 Å². The molecule has 0 bridgehead atoms. The highest BCUT2D eigenvalue weighted by atomic mass is 16.1. The van der Waals surface area contributed by atoms with Gasteiger partial charge in [-0.25, -0.2) is 0 Å². The minimum Gasteiger partial charge on any atom is -0.325 e.